The highest BCUT2D eigenvalue weighted by molar-refractivity contribution is 5.94. The fourth-order valence-electron chi connectivity index (χ4n) is 2.28. The van der Waals surface area contributed by atoms with Gasteiger partial charge in [-0.1, -0.05) is 0 Å². The lowest BCUT2D eigenvalue weighted by molar-refractivity contribution is 0.0578. The van der Waals surface area contributed by atoms with Gasteiger partial charge in [0.1, 0.15) is 5.82 Å². The second-order valence-electron chi connectivity index (χ2n) is 5.31. The first-order valence-corrected chi connectivity index (χ1v) is 6.29. The number of hydrogen-bond acceptors (Lipinski definition) is 2. The fourth-order valence-corrected chi connectivity index (χ4v) is 2.28. The normalized spacial score (nSPS) is 19.4. The molecule has 0 spiro atoms. The minimum Gasteiger partial charge on any atom is -0.332 e. The second-order valence-corrected chi connectivity index (χ2v) is 5.31. The van der Waals surface area contributed by atoms with Crippen molar-refractivity contribution in [3.8, 4) is 0 Å². The van der Waals surface area contributed by atoms with Crippen LogP contribution in [0.4, 0.5) is 4.39 Å². The van der Waals surface area contributed by atoms with Crippen LogP contribution in [-0.4, -0.2) is 36.0 Å². The zero-order chi connectivity index (χ0) is 13.2. The van der Waals surface area contributed by atoms with E-state index in [-0.39, 0.29) is 17.3 Å². The molecular formula is C14H19FN2O. The SMILES string of the molecule is CC1(C)CNCCCN1C(=O)c1ccc(F)cc1. The molecule has 18 heavy (non-hydrogen) atoms. The van der Waals surface area contributed by atoms with E-state index in [4.69, 9.17) is 0 Å². The van der Waals surface area contributed by atoms with Gasteiger partial charge in [0.15, 0.2) is 0 Å². The van der Waals surface area contributed by atoms with Crippen molar-refractivity contribution in [1.29, 1.82) is 0 Å². The first-order valence-electron chi connectivity index (χ1n) is 6.29. The van der Waals surface area contributed by atoms with E-state index in [0.717, 1.165) is 26.1 Å². The summed E-state index contributed by atoms with van der Waals surface area (Å²) in [5, 5.41) is 3.33. The van der Waals surface area contributed by atoms with Gasteiger partial charge in [-0.3, -0.25) is 4.79 Å². The Morgan fingerprint density at radius 3 is 2.67 bits per heavy atom. The molecule has 1 amide bonds. The van der Waals surface area contributed by atoms with Gasteiger partial charge < -0.3 is 10.2 Å². The number of nitrogens with one attached hydrogen (secondary N) is 1. The number of carbonyl (C=O) groups excluding carboxylic acids is 1. The molecule has 1 aliphatic rings. The van der Waals surface area contributed by atoms with Crippen molar-refractivity contribution in [3.63, 3.8) is 0 Å². The molecule has 0 radical (unpaired) electrons. The van der Waals surface area contributed by atoms with Gasteiger partial charge in [-0.05, 0) is 51.1 Å². The van der Waals surface area contributed by atoms with Crippen LogP contribution in [0.5, 0.6) is 0 Å². The third kappa shape index (κ3) is 2.70. The summed E-state index contributed by atoms with van der Waals surface area (Å²) in [6.07, 6.45) is 0.941. The Morgan fingerprint density at radius 1 is 1.33 bits per heavy atom. The minimum atomic E-state index is -0.316. The second kappa shape index (κ2) is 5.06. The van der Waals surface area contributed by atoms with E-state index in [1.54, 1.807) is 12.1 Å². The summed E-state index contributed by atoms with van der Waals surface area (Å²) in [5.74, 6) is -0.341. The molecule has 0 saturated carbocycles. The predicted octanol–water partition coefficient (Wildman–Crippen LogP) is 2.04. The van der Waals surface area contributed by atoms with Crippen molar-refractivity contribution >= 4 is 5.91 Å². The van der Waals surface area contributed by atoms with Crippen LogP contribution in [0, 0.1) is 5.82 Å². The molecule has 1 fully saturated rings. The number of halogens is 1. The molecule has 0 aromatic heterocycles. The van der Waals surface area contributed by atoms with E-state index in [1.165, 1.54) is 12.1 Å². The zero-order valence-corrected chi connectivity index (χ0v) is 10.9. The third-order valence-corrected chi connectivity index (χ3v) is 3.36. The lowest BCUT2D eigenvalue weighted by atomic mass is 10.0. The molecule has 1 aromatic carbocycles. The van der Waals surface area contributed by atoms with Crippen molar-refractivity contribution in [2.45, 2.75) is 25.8 Å². The summed E-state index contributed by atoms with van der Waals surface area (Å²) in [4.78, 5) is 14.3. The quantitative estimate of drug-likeness (QED) is 0.827. The van der Waals surface area contributed by atoms with Gasteiger partial charge in [-0.25, -0.2) is 4.39 Å². The van der Waals surface area contributed by atoms with Crippen LogP contribution in [0.3, 0.4) is 0 Å². The molecular weight excluding hydrogens is 231 g/mol. The van der Waals surface area contributed by atoms with E-state index < -0.39 is 0 Å². The van der Waals surface area contributed by atoms with Gasteiger partial charge >= 0.3 is 0 Å². The molecule has 0 bridgehead atoms. The molecule has 2 rings (SSSR count). The Kier molecular flexibility index (Phi) is 3.66. The van der Waals surface area contributed by atoms with Gasteiger partial charge in [-0.15, -0.1) is 0 Å². The first-order chi connectivity index (χ1) is 8.50. The van der Waals surface area contributed by atoms with Gasteiger partial charge in [0.25, 0.3) is 5.91 Å². The molecule has 3 nitrogen and oxygen atoms in total. The molecule has 1 aromatic rings. The molecule has 1 saturated heterocycles. The van der Waals surface area contributed by atoms with E-state index in [0.29, 0.717) is 5.56 Å². The smallest absolute Gasteiger partial charge is 0.254 e. The monoisotopic (exact) mass is 250 g/mol. The lowest BCUT2D eigenvalue weighted by Gasteiger charge is -2.37. The van der Waals surface area contributed by atoms with Gasteiger partial charge in [0.05, 0.1) is 0 Å². The summed E-state index contributed by atoms with van der Waals surface area (Å²) < 4.78 is 12.9. The highest BCUT2D eigenvalue weighted by Gasteiger charge is 2.32. The number of hydrogen-bond donors (Lipinski definition) is 1. The van der Waals surface area contributed by atoms with Crippen molar-refractivity contribution in [2.75, 3.05) is 19.6 Å². The van der Waals surface area contributed by atoms with E-state index >= 15 is 0 Å². The molecule has 0 aliphatic carbocycles. The highest BCUT2D eigenvalue weighted by Crippen LogP contribution is 2.20. The molecule has 0 unspecified atom stereocenters. The van der Waals surface area contributed by atoms with Gasteiger partial charge in [0, 0.05) is 24.2 Å². The first kappa shape index (κ1) is 13.0. The molecule has 0 atom stereocenters. The summed E-state index contributed by atoms with van der Waals surface area (Å²) in [7, 11) is 0. The van der Waals surface area contributed by atoms with Crippen LogP contribution in [0.1, 0.15) is 30.6 Å². The fraction of sp³-hybridized carbons (Fsp3) is 0.500. The highest BCUT2D eigenvalue weighted by atomic mass is 19.1. The summed E-state index contributed by atoms with van der Waals surface area (Å²) in [6.45, 7) is 6.53. The number of benzene rings is 1. The zero-order valence-electron chi connectivity index (χ0n) is 10.9. The topological polar surface area (TPSA) is 32.3 Å². The molecule has 98 valence electrons. The van der Waals surface area contributed by atoms with E-state index in [2.05, 4.69) is 5.32 Å². The Hall–Kier alpha value is -1.42. The van der Waals surface area contributed by atoms with Crippen LogP contribution in [0.15, 0.2) is 24.3 Å². The number of amides is 1. The summed E-state index contributed by atoms with van der Waals surface area (Å²) in [5.41, 5.74) is 0.327. The number of carbonyl (C=O) groups is 1. The maximum Gasteiger partial charge on any atom is 0.254 e. The van der Waals surface area contributed by atoms with Gasteiger partial charge in [-0.2, -0.15) is 0 Å². The molecule has 1 aliphatic heterocycles. The van der Waals surface area contributed by atoms with Gasteiger partial charge in [0.2, 0.25) is 0 Å². The van der Waals surface area contributed by atoms with Crippen LogP contribution < -0.4 is 5.32 Å². The average Bonchev–Trinajstić information content (AvgIpc) is 2.50. The Labute approximate surface area is 107 Å². The Morgan fingerprint density at radius 2 is 2.00 bits per heavy atom. The molecule has 4 heteroatoms. The van der Waals surface area contributed by atoms with Crippen molar-refractivity contribution in [1.82, 2.24) is 10.2 Å². The molecule has 1 N–H and O–H groups in total. The van der Waals surface area contributed by atoms with Crippen molar-refractivity contribution in [3.05, 3.63) is 35.6 Å². The summed E-state index contributed by atoms with van der Waals surface area (Å²) >= 11 is 0. The average molecular weight is 250 g/mol. The minimum absolute atomic E-state index is 0.0244. The van der Waals surface area contributed by atoms with Crippen molar-refractivity contribution < 1.29 is 9.18 Å². The number of rotatable bonds is 1. The maximum atomic E-state index is 12.9. The van der Waals surface area contributed by atoms with Crippen LogP contribution >= 0.6 is 0 Å². The van der Waals surface area contributed by atoms with E-state index in [9.17, 15) is 9.18 Å². The van der Waals surface area contributed by atoms with E-state index in [1.807, 2.05) is 18.7 Å². The maximum absolute atomic E-state index is 12.9. The predicted molar refractivity (Wildman–Crippen MR) is 69.0 cm³/mol. The van der Waals surface area contributed by atoms with Crippen LogP contribution in [0.2, 0.25) is 0 Å². The summed E-state index contributed by atoms with van der Waals surface area (Å²) in [6, 6.07) is 5.75. The Bertz CT molecular complexity index is 428. The standard InChI is InChI=1S/C14H19FN2O/c1-14(2)10-16-8-3-9-17(14)13(18)11-4-6-12(15)7-5-11/h4-7,16H,3,8-10H2,1-2H3. The van der Waals surface area contributed by atoms with Crippen LogP contribution in [-0.2, 0) is 0 Å². The van der Waals surface area contributed by atoms with Crippen LogP contribution in [0.25, 0.3) is 0 Å². The molecule has 1 heterocycles. The Balaban J connectivity index is 2.23. The lowest BCUT2D eigenvalue weighted by Crippen LogP contribution is -2.51. The van der Waals surface area contributed by atoms with Crippen molar-refractivity contribution in [2.24, 2.45) is 0 Å². The number of nitrogens with zero attached hydrogens (tertiary/aromatic N) is 1. The third-order valence-electron chi connectivity index (χ3n) is 3.36. The largest absolute Gasteiger partial charge is 0.332 e.